The van der Waals surface area contributed by atoms with Gasteiger partial charge in [0.05, 0.1) is 5.60 Å². The van der Waals surface area contributed by atoms with Gasteiger partial charge in [-0.15, -0.1) is 0 Å². The lowest BCUT2D eigenvalue weighted by Crippen LogP contribution is -2.52. The molecule has 1 aromatic rings. The first kappa shape index (κ1) is 14.5. The van der Waals surface area contributed by atoms with E-state index in [2.05, 4.69) is 51.3 Å². The van der Waals surface area contributed by atoms with Gasteiger partial charge in [-0.1, -0.05) is 29.3 Å². The van der Waals surface area contributed by atoms with E-state index in [4.69, 9.17) is 4.74 Å². The molecule has 1 N–H and O–H groups in total. The minimum absolute atomic E-state index is 0.0232. The van der Waals surface area contributed by atoms with Crippen LogP contribution in [0.15, 0.2) is 18.2 Å². The summed E-state index contributed by atoms with van der Waals surface area (Å²) in [5, 5.41) is 3.47. The van der Waals surface area contributed by atoms with Crippen molar-refractivity contribution in [2.75, 3.05) is 13.7 Å². The lowest BCUT2D eigenvalue weighted by molar-refractivity contribution is -0.0870. The van der Waals surface area contributed by atoms with Gasteiger partial charge in [0.25, 0.3) is 0 Å². The molecule has 2 rings (SSSR count). The molecule has 19 heavy (non-hydrogen) atoms. The maximum absolute atomic E-state index is 6.09. The first-order valence-electron chi connectivity index (χ1n) is 7.42. The van der Waals surface area contributed by atoms with E-state index in [1.165, 1.54) is 29.5 Å². The lowest BCUT2D eigenvalue weighted by atomic mass is 9.84. The Kier molecular flexibility index (Phi) is 4.64. The molecule has 1 heterocycles. The predicted octanol–water partition coefficient (Wildman–Crippen LogP) is 3.39. The second-order valence-corrected chi connectivity index (χ2v) is 6.16. The molecule has 2 nitrogen and oxygen atoms in total. The van der Waals surface area contributed by atoms with Crippen molar-refractivity contribution in [1.82, 2.24) is 5.32 Å². The molecule has 1 saturated heterocycles. The minimum atomic E-state index is -0.0232. The summed E-state index contributed by atoms with van der Waals surface area (Å²) in [5.74, 6) is 0. The van der Waals surface area contributed by atoms with E-state index in [0.29, 0.717) is 6.04 Å². The summed E-state index contributed by atoms with van der Waals surface area (Å²) in [6.07, 6.45) is 4.68. The van der Waals surface area contributed by atoms with Crippen molar-refractivity contribution < 1.29 is 4.74 Å². The van der Waals surface area contributed by atoms with Crippen molar-refractivity contribution >= 4 is 0 Å². The van der Waals surface area contributed by atoms with Gasteiger partial charge in [-0.05, 0) is 59.1 Å². The highest BCUT2D eigenvalue weighted by Crippen LogP contribution is 2.29. The van der Waals surface area contributed by atoms with Crippen LogP contribution in [-0.2, 0) is 11.2 Å². The highest BCUT2D eigenvalue weighted by molar-refractivity contribution is 5.29. The number of rotatable bonds is 4. The SMILES string of the molecule is CNC(Cc1cc(C)cc(C)c1)C1(C)CCCCO1. The summed E-state index contributed by atoms with van der Waals surface area (Å²) in [7, 11) is 2.05. The molecule has 0 amide bonds. The third-order valence-corrected chi connectivity index (χ3v) is 4.31. The highest BCUT2D eigenvalue weighted by Gasteiger charge is 2.35. The molecule has 2 atom stereocenters. The minimum Gasteiger partial charge on any atom is -0.374 e. The summed E-state index contributed by atoms with van der Waals surface area (Å²) < 4.78 is 6.09. The van der Waals surface area contributed by atoms with Crippen LogP contribution in [0, 0.1) is 13.8 Å². The second kappa shape index (κ2) is 6.06. The van der Waals surface area contributed by atoms with Crippen LogP contribution in [0.25, 0.3) is 0 Å². The number of benzene rings is 1. The quantitative estimate of drug-likeness (QED) is 0.897. The Bertz CT molecular complexity index is 401. The van der Waals surface area contributed by atoms with Crippen molar-refractivity contribution in [2.24, 2.45) is 0 Å². The molecule has 0 aromatic heterocycles. The number of nitrogens with one attached hydrogen (secondary N) is 1. The monoisotopic (exact) mass is 261 g/mol. The Morgan fingerprint density at radius 2 is 1.89 bits per heavy atom. The largest absolute Gasteiger partial charge is 0.374 e. The molecule has 2 unspecified atom stereocenters. The second-order valence-electron chi connectivity index (χ2n) is 6.16. The molecule has 106 valence electrons. The maximum Gasteiger partial charge on any atom is 0.0809 e. The molecule has 0 radical (unpaired) electrons. The van der Waals surface area contributed by atoms with Gasteiger partial charge in [0.15, 0.2) is 0 Å². The zero-order valence-electron chi connectivity index (χ0n) is 12.8. The summed E-state index contributed by atoms with van der Waals surface area (Å²) >= 11 is 0. The van der Waals surface area contributed by atoms with Crippen LogP contribution in [0.3, 0.4) is 0 Å². The molecule has 0 aliphatic carbocycles. The lowest BCUT2D eigenvalue weighted by Gasteiger charge is -2.40. The van der Waals surface area contributed by atoms with E-state index in [0.717, 1.165) is 19.4 Å². The van der Waals surface area contributed by atoms with Gasteiger partial charge in [0, 0.05) is 12.6 Å². The molecule has 0 spiro atoms. The first-order chi connectivity index (χ1) is 9.03. The van der Waals surface area contributed by atoms with Crippen molar-refractivity contribution in [3.8, 4) is 0 Å². The molecule has 2 heteroatoms. The van der Waals surface area contributed by atoms with E-state index in [9.17, 15) is 0 Å². The van der Waals surface area contributed by atoms with E-state index < -0.39 is 0 Å². The molecule has 0 bridgehead atoms. The van der Waals surface area contributed by atoms with Crippen molar-refractivity contribution in [1.29, 1.82) is 0 Å². The molecule has 1 fully saturated rings. The molecule has 1 aromatic carbocycles. The first-order valence-corrected chi connectivity index (χ1v) is 7.42. The molecule has 0 saturated carbocycles. The van der Waals surface area contributed by atoms with E-state index in [1.54, 1.807) is 0 Å². The summed E-state index contributed by atoms with van der Waals surface area (Å²) in [6, 6.07) is 7.21. The van der Waals surface area contributed by atoms with Crippen molar-refractivity contribution in [2.45, 2.75) is 58.1 Å². The average Bonchev–Trinajstić information content (AvgIpc) is 2.35. The Labute approximate surface area is 117 Å². The fourth-order valence-corrected chi connectivity index (χ4v) is 3.28. The number of aryl methyl sites for hydroxylation is 2. The normalized spacial score (nSPS) is 25.3. The summed E-state index contributed by atoms with van der Waals surface area (Å²) in [4.78, 5) is 0. The molecular formula is C17H27NO. The summed E-state index contributed by atoms with van der Waals surface area (Å²) in [6.45, 7) is 7.50. The van der Waals surface area contributed by atoms with Crippen molar-refractivity contribution in [3.63, 3.8) is 0 Å². The third kappa shape index (κ3) is 3.58. The molecule has 1 aliphatic heterocycles. The number of hydrogen-bond acceptors (Lipinski definition) is 2. The van der Waals surface area contributed by atoms with Gasteiger partial charge in [0.2, 0.25) is 0 Å². The number of likely N-dealkylation sites (N-methyl/N-ethyl adjacent to an activating group) is 1. The molecular weight excluding hydrogens is 234 g/mol. The van der Waals surface area contributed by atoms with E-state index >= 15 is 0 Å². The van der Waals surface area contributed by atoms with Gasteiger partial charge >= 0.3 is 0 Å². The van der Waals surface area contributed by atoms with Crippen LogP contribution >= 0.6 is 0 Å². The standard InChI is InChI=1S/C17H27NO/c1-13-9-14(2)11-15(10-13)12-16(18-4)17(3)7-5-6-8-19-17/h9-11,16,18H,5-8,12H2,1-4H3. The molecule has 1 aliphatic rings. The van der Waals surface area contributed by atoms with Gasteiger partial charge in [-0.3, -0.25) is 0 Å². The highest BCUT2D eigenvalue weighted by atomic mass is 16.5. The zero-order chi connectivity index (χ0) is 13.9. The van der Waals surface area contributed by atoms with Crippen LogP contribution in [-0.4, -0.2) is 25.3 Å². The zero-order valence-corrected chi connectivity index (χ0v) is 12.8. The number of ether oxygens (including phenoxy) is 1. The number of hydrogen-bond donors (Lipinski definition) is 1. The van der Waals surface area contributed by atoms with Gasteiger partial charge in [-0.2, -0.15) is 0 Å². The Morgan fingerprint density at radius 1 is 1.21 bits per heavy atom. The van der Waals surface area contributed by atoms with E-state index in [-0.39, 0.29) is 5.60 Å². The smallest absolute Gasteiger partial charge is 0.0809 e. The average molecular weight is 261 g/mol. The Morgan fingerprint density at radius 3 is 2.42 bits per heavy atom. The Balaban J connectivity index is 2.13. The van der Waals surface area contributed by atoms with Crippen LogP contribution in [0.2, 0.25) is 0 Å². The van der Waals surface area contributed by atoms with Crippen LogP contribution in [0.5, 0.6) is 0 Å². The van der Waals surface area contributed by atoms with E-state index in [1.807, 2.05) is 0 Å². The van der Waals surface area contributed by atoms with Crippen molar-refractivity contribution in [3.05, 3.63) is 34.9 Å². The summed E-state index contributed by atoms with van der Waals surface area (Å²) in [5.41, 5.74) is 4.08. The van der Waals surface area contributed by atoms with Gasteiger partial charge in [0.1, 0.15) is 0 Å². The van der Waals surface area contributed by atoms with Gasteiger partial charge < -0.3 is 10.1 Å². The maximum atomic E-state index is 6.09. The van der Waals surface area contributed by atoms with Crippen LogP contribution in [0.1, 0.15) is 42.9 Å². The fraction of sp³-hybridized carbons (Fsp3) is 0.647. The Hall–Kier alpha value is -0.860. The fourth-order valence-electron chi connectivity index (χ4n) is 3.28. The predicted molar refractivity (Wildman–Crippen MR) is 80.7 cm³/mol. The topological polar surface area (TPSA) is 21.3 Å². The van der Waals surface area contributed by atoms with Gasteiger partial charge in [-0.25, -0.2) is 0 Å². The third-order valence-electron chi connectivity index (χ3n) is 4.31. The van der Waals surface area contributed by atoms with Crippen LogP contribution < -0.4 is 5.32 Å². The van der Waals surface area contributed by atoms with Crippen LogP contribution in [0.4, 0.5) is 0 Å².